The Balaban J connectivity index is 2.11. The van der Waals surface area contributed by atoms with Crippen molar-refractivity contribution in [1.82, 2.24) is 15.3 Å². The number of nitrogens with zero attached hydrogens (tertiary/aromatic N) is 2. The molecule has 1 aromatic rings. The van der Waals surface area contributed by atoms with E-state index < -0.39 is 29.9 Å². The Morgan fingerprint density at radius 2 is 2.11 bits per heavy atom. The second-order valence-electron chi connectivity index (χ2n) is 4.50. The number of aromatic nitrogens is 2. The van der Waals surface area contributed by atoms with Gasteiger partial charge < -0.3 is 20.3 Å². The molecule has 8 heteroatoms. The van der Waals surface area contributed by atoms with Crippen molar-refractivity contribution >= 4 is 0 Å². The number of aliphatic hydroxyl groups is 2. The molecule has 3 atom stereocenters. The van der Waals surface area contributed by atoms with Crippen molar-refractivity contribution in [1.29, 1.82) is 0 Å². The highest BCUT2D eigenvalue weighted by Crippen LogP contribution is 2.26. The Labute approximate surface area is 108 Å². The van der Waals surface area contributed by atoms with Crippen LogP contribution in [0.3, 0.4) is 0 Å². The first-order valence-corrected chi connectivity index (χ1v) is 5.82. The number of aliphatic hydroxyl groups excluding tert-OH is 2. The highest BCUT2D eigenvalue weighted by molar-refractivity contribution is 5.12. The van der Waals surface area contributed by atoms with Gasteiger partial charge in [-0.05, 0) is 0 Å². The highest BCUT2D eigenvalue weighted by atomic mass is 19.3. The third-order valence-electron chi connectivity index (χ3n) is 2.81. The Kier molecular flexibility index (Phi) is 3.93. The summed E-state index contributed by atoms with van der Waals surface area (Å²) in [6.45, 7) is 1.24. The Bertz CT molecular complexity index is 441. The quantitative estimate of drug-likeness (QED) is 0.699. The van der Waals surface area contributed by atoms with Gasteiger partial charge in [0.25, 0.3) is 5.92 Å². The molecule has 3 N–H and O–H groups in total. The van der Waals surface area contributed by atoms with E-state index in [1.54, 1.807) is 0 Å². The van der Waals surface area contributed by atoms with Crippen molar-refractivity contribution in [2.45, 2.75) is 31.2 Å². The van der Waals surface area contributed by atoms with E-state index in [2.05, 4.69) is 15.3 Å². The van der Waals surface area contributed by atoms with Crippen LogP contribution in [-0.2, 0) is 5.92 Å². The number of hydrogen-bond donors (Lipinski definition) is 3. The van der Waals surface area contributed by atoms with E-state index in [4.69, 9.17) is 4.74 Å². The molecule has 1 aliphatic rings. The largest absolute Gasteiger partial charge is 0.469 e. The van der Waals surface area contributed by atoms with Gasteiger partial charge in [0.15, 0.2) is 0 Å². The lowest BCUT2D eigenvalue weighted by Gasteiger charge is -2.32. The molecule has 0 spiro atoms. The molecule has 1 aliphatic heterocycles. The topological polar surface area (TPSA) is 87.5 Å². The minimum Gasteiger partial charge on any atom is -0.469 e. The SMILES string of the molecule is CC(F)(F)c1cncc(O[C@H]2CNC[C@H](O)[C@@H]2O)n1. The number of piperidine rings is 1. The predicted octanol–water partition coefficient (Wildman–Crippen LogP) is -0.339. The number of alkyl halides is 2. The molecule has 0 bridgehead atoms. The Morgan fingerprint density at radius 3 is 2.79 bits per heavy atom. The van der Waals surface area contributed by atoms with Gasteiger partial charge in [-0.1, -0.05) is 0 Å². The summed E-state index contributed by atoms with van der Waals surface area (Å²) in [4.78, 5) is 7.27. The summed E-state index contributed by atoms with van der Waals surface area (Å²) in [5.74, 6) is -3.23. The average Bonchev–Trinajstić information content (AvgIpc) is 2.34. The fraction of sp³-hybridized carbons (Fsp3) is 0.636. The van der Waals surface area contributed by atoms with Gasteiger partial charge in [0.1, 0.15) is 17.9 Å². The lowest BCUT2D eigenvalue weighted by atomic mass is 10.0. The molecule has 1 fully saturated rings. The smallest absolute Gasteiger partial charge is 0.288 e. The van der Waals surface area contributed by atoms with Crippen LogP contribution in [0.4, 0.5) is 8.78 Å². The molecule has 1 aromatic heterocycles. The highest BCUT2D eigenvalue weighted by Gasteiger charge is 2.33. The monoisotopic (exact) mass is 275 g/mol. The first-order chi connectivity index (χ1) is 8.88. The number of halogens is 2. The third kappa shape index (κ3) is 3.34. The molecule has 0 radical (unpaired) electrons. The second-order valence-corrected chi connectivity index (χ2v) is 4.50. The summed E-state index contributed by atoms with van der Waals surface area (Å²) >= 11 is 0. The van der Waals surface area contributed by atoms with Gasteiger partial charge in [0.05, 0.1) is 18.5 Å². The zero-order valence-corrected chi connectivity index (χ0v) is 10.3. The van der Waals surface area contributed by atoms with Crippen LogP contribution in [0.1, 0.15) is 12.6 Å². The zero-order chi connectivity index (χ0) is 14.0. The molecular formula is C11H15F2N3O3. The van der Waals surface area contributed by atoms with Gasteiger partial charge >= 0.3 is 0 Å². The first-order valence-electron chi connectivity index (χ1n) is 5.82. The zero-order valence-electron chi connectivity index (χ0n) is 10.3. The van der Waals surface area contributed by atoms with Gasteiger partial charge in [-0.2, -0.15) is 8.78 Å². The minimum atomic E-state index is -3.12. The van der Waals surface area contributed by atoms with Crippen molar-refractivity contribution in [3.8, 4) is 5.88 Å². The minimum absolute atomic E-state index is 0.112. The van der Waals surface area contributed by atoms with Crippen LogP contribution >= 0.6 is 0 Å². The molecule has 2 rings (SSSR count). The number of β-amino-alcohol motifs (C(OH)–C–C–N with tert-alkyl or cyclic N) is 1. The third-order valence-corrected chi connectivity index (χ3v) is 2.81. The van der Waals surface area contributed by atoms with Gasteiger partial charge in [-0.15, -0.1) is 0 Å². The predicted molar refractivity (Wildman–Crippen MR) is 60.9 cm³/mol. The lowest BCUT2D eigenvalue weighted by Crippen LogP contribution is -2.55. The first kappa shape index (κ1) is 14.0. The van der Waals surface area contributed by atoms with Crippen LogP contribution in [0.25, 0.3) is 0 Å². The van der Waals surface area contributed by atoms with Crippen LogP contribution in [0.5, 0.6) is 5.88 Å². The normalized spacial score (nSPS) is 28.2. The van der Waals surface area contributed by atoms with Crippen LogP contribution in [-0.4, -0.2) is 51.6 Å². The fourth-order valence-electron chi connectivity index (χ4n) is 1.75. The fourth-order valence-corrected chi connectivity index (χ4v) is 1.75. The molecule has 6 nitrogen and oxygen atoms in total. The van der Waals surface area contributed by atoms with E-state index in [0.29, 0.717) is 6.92 Å². The van der Waals surface area contributed by atoms with Crippen molar-refractivity contribution in [2.24, 2.45) is 0 Å². The molecule has 0 saturated carbocycles. The summed E-state index contributed by atoms with van der Waals surface area (Å²) in [6, 6.07) is 0. The van der Waals surface area contributed by atoms with E-state index in [1.165, 1.54) is 6.20 Å². The summed E-state index contributed by atoms with van der Waals surface area (Å²) in [7, 11) is 0. The summed E-state index contributed by atoms with van der Waals surface area (Å²) < 4.78 is 31.5. The van der Waals surface area contributed by atoms with Crippen LogP contribution in [0, 0.1) is 0 Å². The Morgan fingerprint density at radius 1 is 1.37 bits per heavy atom. The van der Waals surface area contributed by atoms with E-state index in [0.717, 1.165) is 6.20 Å². The summed E-state index contributed by atoms with van der Waals surface area (Å²) in [5.41, 5.74) is -0.510. The molecule has 2 heterocycles. The molecule has 0 aromatic carbocycles. The summed E-state index contributed by atoms with van der Waals surface area (Å²) in [5, 5.41) is 22.0. The lowest BCUT2D eigenvalue weighted by molar-refractivity contribution is -0.0670. The maximum Gasteiger partial charge on any atom is 0.288 e. The van der Waals surface area contributed by atoms with Crippen molar-refractivity contribution in [3.63, 3.8) is 0 Å². The van der Waals surface area contributed by atoms with Gasteiger partial charge in [0.2, 0.25) is 5.88 Å². The molecule has 0 unspecified atom stereocenters. The van der Waals surface area contributed by atoms with Crippen molar-refractivity contribution < 1.29 is 23.7 Å². The maximum atomic E-state index is 13.1. The standard InChI is InChI=1S/C11H15F2N3O3/c1-11(12,13)8-4-15-5-9(16-8)19-7-3-14-2-6(17)10(7)18/h4-7,10,14,17-18H,2-3H2,1H3/t6-,7-,10-/m0/s1. The number of ether oxygens (including phenoxy) is 1. The number of rotatable bonds is 3. The van der Waals surface area contributed by atoms with Crippen LogP contribution in [0.2, 0.25) is 0 Å². The molecular weight excluding hydrogens is 260 g/mol. The van der Waals surface area contributed by atoms with E-state index in [-0.39, 0.29) is 19.0 Å². The second kappa shape index (κ2) is 5.32. The molecule has 0 amide bonds. The van der Waals surface area contributed by atoms with Crippen molar-refractivity contribution in [2.75, 3.05) is 13.1 Å². The molecule has 106 valence electrons. The number of hydrogen-bond acceptors (Lipinski definition) is 6. The average molecular weight is 275 g/mol. The maximum absolute atomic E-state index is 13.1. The van der Waals surface area contributed by atoms with E-state index in [9.17, 15) is 19.0 Å². The number of nitrogens with one attached hydrogen (secondary N) is 1. The van der Waals surface area contributed by atoms with Gasteiger partial charge in [-0.3, -0.25) is 4.98 Å². The van der Waals surface area contributed by atoms with Gasteiger partial charge in [-0.25, -0.2) is 4.98 Å². The van der Waals surface area contributed by atoms with Crippen LogP contribution < -0.4 is 10.1 Å². The van der Waals surface area contributed by atoms with E-state index in [1.807, 2.05) is 0 Å². The molecule has 0 aliphatic carbocycles. The Hall–Kier alpha value is -1.38. The summed E-state index contributed by atoms with van der Waals surface area (Å²) in [6.07, 6.45) is -0.699. The van der Waals surface area contributed by atoms with Crippen molar-refractivity contribution in [3.05, 3.63) is 18.1 Å². The van der Waals surface area contributed by atoms with Crippen LogP contribution in [0.15, 0.2) is 12.4 Å². The van der Waals surface area contributed by atoms with E-state index >= 15 is 0 Å². The molecule has 19 heavy (non-hydrogen) atoms. The van der Waals surface area contributed by atoms with Gasteiger partial charge in [0, 0.05) is 20.0 Å². The molecule has 1 saturated heterocycles.